The summed E-state index contributed by atoms with van der Waals surface area (Å²) >= 11 is 0. The highest BCUT2D eigenvalue weighted by molar-refractivity contribution is 5.91. The Morgan fingerprint density at radius 2 is 2.12 bits per heavy atom. The van der Waals surface area contributed by atoms with Gasteiger partial charge in [0.15, 0.2) is 5.76 Å². The summed E-state index contributed by atoms with van der Waals surface area (Å²) in [5, 5.41) is 6.95. The van der Waals surface area contributed by atoms with Crippen LogP contribution in [0.15, 0.2) is 59.3 Å². The highest BCUT2D eigenvalue weighted by atomic mass is 16.5. The lowest BCUT2D eigenvalue weighted by molar-refractivity contribution is 0.0921. The molecular formula is C19H21N3O4. The van der Waals surface area contributed by atoms with Crippen molar-refractivity contribution in [3.05, 3.63) is 66.4 Å². The molecule has 136 valence electrons. The number of benzene rings is 1. The molecule has 0 aliphatic heterocycles. The van der Waals surface area contributed by atoms with Gasteiger partial charge in [-0.1, -0.05) is 6.07 Å². The first-order valence-electron chi connectivity index (χ1n) is 8.36. The van der Waals surface area contributed by atoms with Crippen LogP contribution in [0.25, 0.3) is 0 Å². The third kappa shape index (κ3) is 4.89. The summed E-state index contributed by atoms with van der Waals surface area (Å²) in [6.07, 6.45) is 4.42. The van der Waals surface area contributed by atoms with E-state index in [4.69, 9.17) is 13.9 Å². The number of rotatable bonds is 9. The summed E-state index contributed by atoms with van der Waals surface area (Å²) in [7, 11) is 1.60. The second-order valence-electron chi connectivity index (χ2n) is 5.61. The Morgan fingerprint density at radius 1 is 1.23 bits per heavy atom. The lowest BCUT2D eigenvalue weighted by Crippen LogP contribution is -2.24. The Morgan fingerprint density at radius 3 is 2.92 bits per heavy atom. The maximum atomic E-state index is 12.1. The van der Waals surface area contributed by atoms with Gasteiger partial charge in [0.2, 0.25) is 0 Å². The number of furan rings is 1. The smallest absolute Gasteiger partial charge is 0.286 e. The zero-order chi connectivity index (χ0) is 18.2. The number of carbonyl (C=O) groups is 1. The molecule has 0 saturated carbocycles. The molecule has 0 aliphatic carbocycles. The predicted molar refractivity (Wildman–Crippen MR) is 95.2 cm³/mol. The quantitative estimate of drug-likeness (QED) is 0.597. The molecule has 0 aliphatic rings. The van der Waals surface area contributed by atoms with Crippen LogP contribution in [0.4, 0.5) is 0 Å². The highest BCUT2D eigenvalue weighted by Crippen LogP contribution is 2.20. The summed E-state index contributed by atoms with van der Waals surface area (Å²) in [5.41, 5.74) is 0. The molecule has 1 amide bonds. The van der Waals surface area contributed by atoms with E-state index in [-0.39, 0.29) is 18.3 Å². The van der Waals surface area contributed by atoms with Crippen LogP contribution in [0.1, 0.15) is 22.7 Å². The second-order valence-corrected chi connectivity index (χ2v) is 5.61. The second kappa shape index (κ2) is 8.75. The molecule has 1 N–H and O–H groups in total. The largest absolute Gasteiger partial charge is 0.497 e. The van der Waals surface area contributed by atoms with Crippen LogP contribution in [0, 0.1) is 0 Å². The van der Waals surface area contributed by atoms with E-state index in [0.29, 0.717) is 18.1 Å². The van der Waals surface area contributed by atoms with Crippen molar-refractivity contribution in [2.75, 3.05) is 13.7 Å². The summed E-state index contributed by atoms with van der Waals surface area (Å²) in [6, 6.07) is 12.6. The van der Waals surface area contributed by atoms with Gasteiger partial charge in [0.1, 0.15) is 23.9 Å². The molecule has 26 heavy (non-hydrogen) atoms. The molecule has 2 heterocycles. The molecular weight excluding hydrogens is 334 g/mol. The molecule has 0 saturated heterocycles. The number of amides is 1. The number of methoxy groups -OCH3 is 1. The number of hydrogen-bond acceptors (Lipinski definition) is 5. The average Bonchev–Trinajstić information content (AvgIpc) is 3.35. The zero-order valence-corrected chi connectivity index (χ0v) is 14.6. The van der Waals surface area contributed by atoms with E-state index in [9.17, 15) is 4.79 Å². The number of carbonyl (C=O) groups excluding carboxylic acids is 1. The topological polar surface area (TPSA) is 78.5 Å². The van der Waals surface area contributed by atoms with Crippen LogP contribution in [0.5, 0.6) is 11.5 Å². The molecule has 7 nitrogen and oxygen atoms in total. The monoisotopic (exact) mass is 355 g/mol. The molecule has 0 radical (unpaired) electrons. The number of aryl methyl sites for hydroxylation is 1. The van der Waals surface area contributed by atoms with E-state index in [1.807, 2.05) is 35.1 Å². The molecule has 0 bridgehead atoms. The lowest BCUT2D eigenvalue weighted by atomic mass is 10.3. The van der Waals surface area contributed by atoms with Crippen molar-refractivity contribution in [1.82, 2.24) is 15.1 Å². The number of nitrogens with one attached hydrogen (secondary N) is 1. The molecule has 7 heteroatoms. The van der Waals surface area contributed by atoms with Gasteiger partial charge in [-0.25, -0.2) is 0 Å². The molecule has 3 rings (SSSR count). The Labute approximate surface area is 151 Å². The third-order valence-corrected chi connectivity index (χ3v) is 3.72. The summed E-state index contributed by atoms with van der Waals surface area (Å²) in [4.78, 5) is 12.1. The van der Waals surface area contributed by atoms with Crippen LogP contribution >= 0.6 is 0 Å². The van der Waals surface area contributed by atoms with Gasteiger partial charge >= 0.3 is 0 Å². The van der Waals surface area contributed by atoms with E-state index < -0.39 is 0 Å². The van der Waals surface area contributed by atoms with Crippen LogP contribution in [-0.2, 0) is 13.2 Å². The van der Waals surface area contributed by atoms with Gasteiger partial charge in [-0.15, -0.1) is 0 Å². The number of aromatic nitrogens is 2. The fourth-order valence-corrected chi connectivity index (χ4v) is 2.39. The van der Waals surface area contributed by atoms with Crippen molar-refractivity contribution < 1.29 is 18.7 Å². The van der Waals surface area contributed by atoms with E-state index >= 15 is 0 Å². The Kier molecular flexibility index (Phi) is 5.92. The average molecular weight is 355 g/mol. The highest BCUT2D eigenvalue weighted by Gasteiger charge is 2.11. The van der Waals surface area contributed by atoms with Gasteiger partial charge in [-0.3, -0.25) is 9.48 Å². The van der Waals surface area contributed by atoms with Gasteiger partial charge < -0.3 is 19.2 Å². The van der Waals surface area contributed by atoms with Crippen molar-refractivity contribution in [1.29, 1.82) is 0 Å². The molecule has 2 aromatic heterocycles. The first kappa shape index (κ1) is 17.6. The van der Waals surface area contributed by atoms with Crippen molar-refractivity contribution in [3.63, 3.8) is 0 Å². The number of nitrogens with zero attached hydrogens (tertiary/aromatic N) is 2. The molecule has 3 aromatic rings. The van der Waals surface area contributed by atoms with E-state index in [2.05, 4.69) is 10.4 Å². The minimum atomic E-state index is -0.238. The normalized spacial score (nSPS) is 10.5. The van der Waals surface area contributed by atoms with Gasteiger partial charge in [-0.2, -0.15) is 5.10 Å². The van der Waals surface area contributed by atoms with Gasteiger partial charge in [0.05, 0.1) is 7.11 Å². The predicted octanol–water partition coefficient (Wildman–Crippen LogP) is 2.88. The van der Waals surface area contributed by atoms with Crippen molar-refractivity contribution in [3.8, 4) is 11.5 Å². The molecule has 0 unspecified atom stereocenters. The van der Waals surface area contributed by atoms with Crippen LogP contribution in [0.2, 0.25) is 0 Å². The first-order chi connectivity index (χ1) is 12.7. The molecule has 0 atom stereocenters. The number of hydrogen-bond donors (Lipinski definition) is 1. The fraction of sp³-hybridized carbons (Fsp3) is 0.263. The summed E-state index contributed by atoms with van der Waals surface area (Å²) in [5.74, 6) is 2.00. The van der Waals surface area contributed by atoms with Crippen LogP contribution < -0.4 is 14.8 Å². The van der Waals surface area contributed by atoms with E-state index in [1.165, 1.54) is 0 Å². The number of ether oxygens (including phenoxy) is 2. The van der Waals surface area contributed by atoms with E-state index in [0.717, 1.165) is 18.7 Å². The SMILES string of the molecule is COc1cccc(OCc2ccc(C(=O)NCCCn3cccn3)o2)c1. The van der Waals surface area contributed by atoms with Gasteiger partial charge in [-0.05, 0) is 36.8 Å². The summed E-state index contributed by atoms with van der Waals surface area (Å²) < 4.78 is 18.2. The molecule has 0 spiro atoms. The molecule has 1 aromatic carbocycles. The standard InChI is InChI=1S/C19H21N3O4/c1-24-15-5-2-6-16(13-15)25-14-17-7-8-18(26-17)19(23)20-9-3-11-22-12-4-10-21-22/h2,4-8,10,12-13H,3,9,11,14H2,1H3,(H,20,23). The van der Waals surface area contributed by atoms with Gasteiger partial charge in [0, 0.05) is 31.5 Å². The Balaban J connectivity index is 1.43. The van der Waals surface area contributed by atoms with Gasteiger partial charge in [0.25, 0.3) is 5.91 Å². The molecule has 0 fully saturated rings. The fourth-order valence-electron chi connectivity index (χ4n) is 2.39. The van der Waals surface area contributed by atoms with Crippen LogP contribution in [-0.4, -0.2) is 29.3 Å². The maximum Gasteiger partial charge on any atom is 0.286 e. The maximum absolute atomic E-state index is 12.1. The summed E-state index contributed by atoms with van der Waals surface area (Å²) in [6.45, 7) is 1.54. The minimum absolute atomic E-state index is 0.236. The van der Waals surface area contributed by atoms with Crippen LogP contribution in [0.3, 0.4) is 0 Å². The lowest BCUT2D eigenvalue weighted by Gasteiger charge is -2.06. The minimum Gasteiger partial charge on any atom is -0.497 e. The van der Waals surface area contributed by atoms with Crippen molar-refractivity contribution >= 4 is 5.91 Å². The Bertz CT molecular complexity index is 827. The third-order valence-electron chi connectivity index (χ3n) is 3.72. The zero-order valence-electron chi connectivity index (χ0n) is 14.6. The Hall–Kier alpha value is -3.22. The first-order valence-corrected chi connectivity index (χ1v) is 8.36. The van der Waals surface area contributed by atoms with Crippen molar-refractivity contribution in [2.45, 2.75) is 19.6 Å². The van der Waals surface area contributed by atoms with Crippen molar-refractivity contribution in [2.24, 2.45) is 0 Å². The van der Waals surface area contributed by atoms with E-state index in [1.54, 1.807) is 31.5 Å².